The van der Waals surface area contributed by atoms with Crippen molar-refractivity contribution in [1.29, 1.82) is 0 Å². The highest BCUT2D eigenvalue weighted by Gasteiger charge is 1.95. The van der Waals surface area contributed by atoms with Gasteiger partial charge in [-0.3, -0.25) is 0 Å². The van der Waals surface area contributed by atoms with E-state index in [0.717, 1.165) is 5.56 Å². The molecule has 2 N–H and O–H groups in total. The third-order valence-electron chi connectivity index (χ3n) is 1.40. The monoisotopic (exact) mass is 201 g/mol. The number of hydrogen-bond donors (Lipinski definition) is 1. The van der Waals surface area contributed by atoms with E-state index < -0.39 is 0 Å². The molecule has 0 aliphatic carbocycles. The first-order chi connectivity index (χ1) is 5.74. The standard InChI is InChI=1S/C9H9Cl2N/c10-8-4-3-7(2-1-5-12)9(11)6-8/h1-4,6H,5,12H2. The molecule has 0 aliphatic heterocycles. The Balaban J connectivity index is 2.94. The zero-order valence-corrected chi connectivity index (χ0v) is 7.94. The lowest BCUT2D eigenvalue weighted by Crippen LogP contribution is -1.91. The third kappa shape index (κ3) is 2.52. The predicted molar refractivity (Wildman–Crippen MR) is 54.6 cm³/mol. The van der Waals surface area contributed by atoms with Crippen molar-refractivity contribution in [2.45, 2.75) is 0 Å². The fraction of sp³-hybridized carbons (Fsp3) is 0.111. The maximum atomic E-state index is 5.89. The molecule has 0 heterocycles. The van der Waals surface area contributed by atoms with E-state index in [4.69, 9.17) is 28.9 Å². The zero-order chi connectivity index (χ0) is 8.97. The normalized spacial score (nSPS) is 10.9. The largest absolute Gasteiger partial charge is 0.327 e. The quantitative estimate of drug-likeness (QED) is 0.783. The van der Waals surface area contributed by atoms with Crippen LogP contribution in [-0.4, -0.2) is 6.54 Å². The predicted octanol–water partition coefficient (Wildman–Crippen LogP) is 2.97. The number of halogens is 2. The molecule has 12 heavy (non-hydrogen) atoms. The molecule has 0 aromatic heterocycles. The second kappa shape index (κ2) is 4.51. The average molecular weight is 202 g/mol. The molecule has 0 fully saturated rings. The van der Waals surface area contributed by atoms with E-state index >= 15 is 0 Å². The summed E-state index contributed by atoms with van der Waals surface area (Å²) in [5.41, 5.74) is 6.24. The Morgan fingerprint density at radius 1 is 1.33 bits per heavy atom. The Labute approximate surface area is 81.8 Å². The molecule has 0 unspecified atom stereocenters. The summed E-state index contributed by atoms with van der Waals surface area (Å²) < 4.78 is 0. The van der Waals surface area contributed by atoms with Crippen LogP contribution in [0.25, 0.3) is 6.08 Å². The van der Waals surface area contributed by atoms with Crippen molar-refractivity contribution in [3.8, 4) is 0 Å². The van der Waals surface area contributed by atoms with Crippen molar-refractivity contribution in [3.05, 3.63) is 39.9 Å². The van der Waals surface area contributed by atoms with Crippen molar-refractivity contribution in [3.63, 3.8) is 0 Å². The summed E-state index contributed by atoms with van der Waals surface area (Å²) in [5.74, 6) is 0. The van der Waals surface area contributed by atoms with E-state index in [9.17, 15) is 0 Å². The smallest absolute Gasteiger partial charge is 0.0493 e. The molecule has 0 radical (unpaired) electrons. The Kier molecular flexibility index (Phi) is 3.60. The van der Waals surface area contributed by atoms with E-state index in [1.165, 1.54) is 0 Å². The van der Waals surface area contributed by atoms with Crippen LogP contribution in [0.3, 0.4) is 0 Å². The van der Waals surface area contributed by atoms with Gasteiger partial charge >= 0.3 is 0 Å². The van der Waals surface area contributed by atoms with Gasteiger partial charge in [0.05, 0.1) is 0 Å². The Morgan fingerprint density at radius 2 is 2.08 bits per heavy atom. The minimum absolute atomic E-state index is 0.513. The summed E-state index contributed by atoms with van der Waals surface area (Å²) in [6.45, 7) is 0.513. The molecule has 3 heteroatoms. The number of rotatable bonds is 2. The fourth-order valence-electron chi connectivity index (χ4n) is 0.832. The molecule has 1 rings (SSSR count). The van der Waals surface area contributed by atoms with Gasteiger partial charge in [0.2, 0.25) is 0 Å². The SMILES string of the molecule is NCC=Cc1ccc(Cl)cc1Cl. The molecule has 0 atom stereocenters. The fourth-order valence-corrected chi connectivity index (χ4v) is 1.30. The Bertz CT molecular complexity index is 295. The summed E-state index contributed by atoms with van der Waals surface area (Å²) in [7, 11) is 0. The topological polar surface area (TPSA) is 26.0 Å². The van der Waals surface area contributed by atoms with Gasteiger partial charge in [0.15, 0.2) is 0 Å². The summed E-state index contributed by atoms with van der Waals surface area (Å²) in [6, 6.07) is 5.36. The maximum Gasteiger partial charge on any atom is 0.0493 e. The van der Waals surface area contributed by atoms with Crippen molar-refractivity contribution < 1.29 is 0 Å². The molecule has 0 saturated carbocycles. The number of benzene rings is 1. The molecule has 0 saturated heterocycles. The molecule has 1 nitrogen and oxygen atoms in total. The van der Waals surface area contributed by atoms with Gasteiger partial charge in [0.25, 0.3) is 0 Å². The second-order valence-electron chi connectivity index (χ2n) is 2.30. The van der Waals surface area contributed by atoms with E-state index in [0.29, 0.717) is 16.6 Å². The van der Waals surface area contributed by atoms with Crippen molar-refractivity contribution >= 4 is 29.3 Å². The zero-order valence-electron chi connectivity index (χ0n) is 6.43. The van der Waals surface area contributed by atoms with Gasteiger partial charge < -0.3 is 5.73 Å². The number of hydrogen-bond acceptors (Lipinski definition) is 1. The van der Waals surface area contributed by atoms with E-state index in [-0.39, 0.29) is 0 Å². The first kappa shape index (κ1) is 9.59. The molecule has 0 aliphatic rings. The Morgan fingerprint density at radius 3 is 2.67 bits per heavy atom. The lowest BCUT2D eigenvalue weighted by atomic mass is 10.2. The van der Waals surface area contributed by atoms with Crippen LogP contribution in [0.1, 0.15) is 5.56 Å². The van der Waals surface area contributed by atoms with E-state index in [2.05, 4.69) is 0 Å². The van der Waals surface area contributed by atoms with Crippen molar-refractivity contribution in [2.24, 2.45) is 5.73 Å². The molecular formula is C9H9Cl2N. The minimum atomic E-state index is 0.513. The van der Waals surface area contributed by atoms with Crippen LogP contribution >= 0.6 is 23.2 Å². The van der Waals surface area contributed by atoms with Crippen LogP contribution in [0, 0.1) is 0 Å². The van der Waals surface area contributed by atoms with Crippen LogP contribution in [0.15, 0.2) is 24.3 Å². The minimum Gasteiger partial charge on any atom is -0.327 e. The lowest BCUT2D eigenvalue weighted by molar-refractivity contribution is 1.26. The summed E-state index contributed by atoms with van der Waals surface area (Å²) in [5, 5.41) is 1.29. The summed E-state index contributed by atoms with van der Waals surface area (Å²) >= 11 is 11.6. The summed E-state index contributed by atoms with van der Waals surface area (Å²) in [6.07, 6.45) is 3.72. The summed E-state index contributed by atoms with van der Waals surface area (Å²) in [4.78, 5) is 0. The molecule has 0 spiro atoms. The van der Waals surface area contributed by atoms with Gasteiger partial charge in [0, 0.05) is 16.6 Å². The van der Waals surface area contributed by atoms with Gasteiger partial charge in [-0.05, 0) is 17.7 Å². The highest BCUT2D eigenvalue weighted by atomic mass is 35.5. The van der Waals surface area contributed by atoms with Crippen LogP contribution in [-0.2, 0) is 0 Å². The molecule has 0 amide bonds. The van der Waals surface area contributed by atoms with Gasteiger partial charge in [-0.15, -0.1) is 0 Å². The highest BCUT2D eigenvalue weighted by molar-refractivity contribution is 6.35. The van der Waals surface area contributed by atoms with Crippen molar-refractivity contribution in [2.75, 3.05) is 6.54 Å². The lowest BCUT2D eigenvalue weighted by Gasteiger charge is -1.97. The van der Waals surface area contributed by atoms with Crippen LogP contribution in [0.5, 0.6) is 0 Å². The molecule has 1 aromatic rings. The average Bonchev–Trinajstić information content (AvgIpc) is 2.03. The Hall–Kier alpha value is -0.500. The van der Waals surface area contributed by atoms with Gasteiger partial charge in [0.1, 0.15) is 0 Å². The van der Waals surface area contributed by atoms with Gasteiger partial charge in [-0.1, -0.05) is 41.4 Å². The van der Waals surface area contributed by atoms with Crippen molar-refractivity contribution in [1.82, 2.24) is 0 Å². The first-order valence-electron chi connectivity index (χ1n) is 3.55. The molecule has 0 bridgehead atoms. The van der Waals surface area contributed by atoms with E-state index in [1.54, 1.807) is 12.1 Å². The molecule has 1 aromatic carbocycles. The van der Waals surface area contributed by atoms with Gasteiger partial charge in [-0.25, -0.2) is 0 Å². The molecule has 64 valence electrons. The maximum absolute atomic E-state index is 5.89. The van der Waals surface area contributed by atoms with Crippen LogP contribution in [0.4, 0.5) is 0 Å². The molecular weight excluding hydrogens is 193 g/mol. The van der Waals surface area contributed by atoms with E-state index in [1.807, 2.05) is 18.2 Å². The number of nitrogens with two attached hydrogens (primary N) is 1. The van der Waals surface area contributed by atoms with Gasteiger partial charge in [-0.2, -0.15) is 0 Å². The van der Waals surface area contributed by atoms with Crippen LogP contribution in [0.2, 0.25) is 10.0 Å². The second-order valence-corrected chi connectivity index (χ2v) is 3.15. The highest BCUT2D eigenvalue weighted by Crippen LogP contribution is 2.21. The first-order valence-corrected chi connectivity index (χ1v) is 4.31. The van der Waals surface area contributed by atoms with Crippen LogP contribution < -0.4 is 5.73 Å². The third-order valence-corrected chi connectivity index (χ3v) is 1.96.